The van der Waals surface area contributed by atoms with Crippen LogP contribution in [-0.2, 0) is 0 Å². The molecule has 1 heterocycles. The van der Waals surface area contributed by atoms with Crippen LogP contribution < -0.4 is 4.90 Å². The fraction of sp³-hybridized carbons (Fsp3) is 0.154. The highest BCUT2D eigenvalue weighted by Crippen LogP contribution is 2.20. The van der Waals surface area contributed by atoms with Crippen molar-refractivity contribution in [1.29, 1.82) is 0 Å². The number of hydrogen-bond donors (Lipinski definition) is 1. The molecule has 0 radical (unpaired) electrons. The fourth-order valence-electron chi connectivity index (χ4n) is 1.56. The first-order valence-corrected chi connectivity index (χ1v) is 5.44. The number of anilines is 2. The lowest BCUT2D eigenvalue weighted by Crippen LogP contribution is -2.14. The number of aryl methyl sites for hydroxylation is 1. The van der Waals surface area contributed by atoms with Gasteiger partial charge in [0, 0.05) is 24.6 Å². The number of hydrogen-bond acceptors (Lipinski definition) is 4. The predicted molar refractivity (Wildman–Crippen MR) is 68.2 cm³/mol. The summed E-state index contributed by atoms with van der Waals surface area (Å²) in [6, 6.07) is 8.47. The summed E-state index contributed by atoms with van der Waals surface area (Å²) < 4.78 is 0. The van der Waals surface area contributed by atoms with Crippen LogP contribution in [0.3, 0.4) is 0 Å². The van der Waals surface area contributed by atoms with E-state index in [-0.39, 0.29) is 5.56 Å². The molecule has 1 aromatic carbocycles. The normalized spacial score (nSPS) is 10.1. The van der Waals surface area contributed by atoms with Crippen LogP contribution in [0.1, 0.15) is 16.1 Å². The Balaban J connectivity index is 2.36. The lowest BCUT2D eigenvalue weighted by molar-refractivity contribution is 0.0697. The standard InChI is InChI=1S/C13H13N3O2/c1-9-6-7-14-13(15-9)16(2)11-5-3-4-10(8-11)12(17)18/h3-8H,1-2H3,(H,17,18). The Morgan fingerprint density at radius 3 is 2.78 bits per heavy atom. The summed E-state index contributed by atoms with van der Waals surface area (Å²) >= 11 is 0. The third-order valence-electron chi connectivity index (χ3n) is 2.56. The highest BCUT2D eigenvalue weighted by molar-refractivity contribution is 5.89. The minimum atomic E-state index is -0.949. The molecule has 0 amide bonds. The van der Waals surface area contributed by atoms with E-state index < -0.39 is 5.97 Å². The van der Waals surface area contributed by atoms with Gasteiger partial charge in [0.1, 0.15) is 0 Å². The molecule has 2 rings (SSSR count). The minimum Gasteiger partial charge on any atom is -0.478 e. The van der Waals surface area contributed by atoms with Gasteiger partial charge in [-0.05, 0) is 31.2 Å². The van der Waals surface area contributed by atoms with E-state index in [1.807, 2.05) is 19.1 Å². The first kappa shape index (κ1) is 12.0. The van der Waals surface area contributed by atoms with Crippen LogP contribution in [-0.4, -0.2) is 28.1 Å². The summed E-state index contributed by atoms with van der Waals surface area (Å²) in [5.41, 5.74) is 1.84. The second kappa shape index (κ2) is 4.83. The van der Waals surface area contributed by atoms with Crippen LogP contribution in [0.4, 0.5) is 11.6 Å². The van der Waals surface area contributed by atoms with E-state index in [0.717, 1.165) is 11.4 Å². The van der Waals surface area contributed by atoms with Gasteiger partial charge in [-0.25, -0.2) is 14.8 Å². The van der Waals surface area contributed by atoms with Crippen molar-refractivity contribution in [3.63, 3.8) is 0 Å². The van der Waals surface area contributed by atoms with Crippen LogP contribution in [0.5, 0.6) is 0 Å². The van der Waals surface area contributed by atoms with Gasteiger partial charge < -0.3 is 10.0 Å². The smallest absolute Gasteiger partial charge is 0.335 e. The second-order valence-electron chi connectivity index (χ2n) is 3.91. The summed E-state index contributed by atoms with van der Waals surface area (Å²) in [6.07, 6.45) is 1.68. The molecule has 18 heavy (non-hydrogen) atoms. The van der Waals surface area contributed by atoms with Crippen LogP contribution >= 0.6 is 0 Å². The Morgan fingerprint density at radius 1 is 1.33 bits per heavy atom. The molecule has 0 saturated heterocycles. The van der Waals surface area contributed by atoms with Crippen LogP contribution in [0.2, 0.25) is 0 Å². The van der Waals surface area contributed by atoms with Gasteiger partial charge in [0.25, 0.3) is 0 Å². The third-order valence-corrected chi connectivity index (χ3v) is 2.56. The topological polar surface area (TPSA) is 66.3 Å². The van der Waals surface area contributed by atoms with Crippen molar-refractivity contribution >= 4 is 17.6 Å². The van der Waals surface area contributed by atoms with Gasteiger partial charge in [-0.15, -0.1) is 0 Å². The molecule has 2 aromatic rings. The lowest BCUT2D eigenvalue weighted by Gasteiger charge is -2.17. The van der Waals surface area contributed by atoms with Crippen molar-refractivity contribution in [3.05, 3.63) is 47.8 Å². The number of nitrogens with zero attached hydrogens (tertiary/aromatic N) is 3. The zero-order valence-electron chi connectivity index (χ0n) is 10.2. The van der Waals surface area contributed by atoms with Crippen molar-refractivity contribution in [2.45, 2.75) is 6.92 Å². The molecule has 0 aliphatic rings. The third kappa shape index (κ3) is 2.45. The van der Waals surface area contributed by atoms with Gasteiger partial charge in [-0.1, -0.05) is 6.07 Å². The van der Waals surface area contributed by atoms with Crippen molar-refractivity contribution in [1.82, 2.24) is 9.97 Å². The van der Waals surface area contributed by atoms with Crippen molar-refractivity contribution in [2.75, 3.05) is 11.9 Å². The molecule has 5 heteroatoms. The van der Waals surface area contributed by atoms with E-state index in [2.05, 4.69) is 9.97 Å². The minimum absolute atomic E-state index is 0.243. The Labute approximate surface area is 105 Å². The molecule has 0 atom stereocenters. The number of carbonyl (C=O) groups is 1. The van der Waals surface area contributed by atoms with Crippen molar-refractivity contribution in [3.8, 4) is 0 Å². The highest BCUT2D eigenvalue weighted by atomic mass is 16.4. The second-order valence-corrected chi connectivity index (χ2v) is 3.91. The summed E-state index contributed by atoms with van der Waals surface area (Å²) in [5, 5.41) is 8.96. The van der Waals surface area contributed by atoms with Gasteiger partial charge in [0.05, 0.1) is 5.56 Å². The number of benzene rings is 1. The van der Waals surface area contributed by atoms with Gasteiger partial charge in [-0.2, -0.15) is 0 Å². The van der Waals surface area contributed by atoms with Gasteiger partial charge in [0.15, 0.2) is 0 Å². The molecule has 0 unspecified atom stereocenters. The lowest BCUT2D eigenvalue weighted by atomic mass is 10.2. The van der Waals surface area contributed by atoms with Crippen molar-refractivity contribution < 1.29 is 9.90 Å². The van der Waals surface area contributed by atoms with Gasteiger partial charge in [0.2, 0.25) is 5.95 Å². The molecule has 0 saturated carbocycles. The maximum absolute atomic E-state index is 10.9. The Bertz CT molecular complexity index is 584. The van der Waals surface area contributed by atoms with E-state index in [1.54, 1.807) is 36.3 Å². The van der Waals surface area contributed by atoms with Gasteiger partial charge in [-0.3, -0.25) is 0 Å². The quantitative estimate of drug-likeness (QED) is 0.895. The summed E-state index contributed by atoms with van der Waals surface area (Å²) in [6.45, 7) is 1.88. The number of carboxylic acids is 1. The van der Waals surface area contributed by atoms with E-state index in [1.165, 1.54) is 0 Å². The monoisotopic (exact) mass is 243 g/mol. The number of aromatic carboxylic acids is 1. The maximum atomic E-state index is 10.9. The highest BCUT2D eigenvalue weighted by Gasteiger charge is 2.09. The van der Waals surface area contributed by atoms with Crippen LogP contribution in [0, 0.1) is 6.92 Å². The van der Waals surface area contributed by atoms with E-state index in [4.69, 9.17) is 5.11 Å². The molecule has 92 valence electrons. The predicted octanol–water partition coefficient (Wildman–Crippen LogP) is 2.25. The maximum Gasteiger partial charge on any atom is 0.335 e. The van der Waals surface area contributed by atoms with E-state index >= 15 is 0 Å². The molecule has 1 aromatic heterocycles. The Kier molecular flexibility index (Phi) is 3.23. The van der Waals surface area contributed by atoms with E-state index in [0.29, 0.717) is 5.95 Å². The van der Waals surface area contributed by atoms with E-state index in [9.17, 15) is 4.79 Å². The average Bonchev–Trinajstić information content (AvgIpc) is 2.38. The van der Waals surface area contributed by atoms with Crippen molar-refractivity contribution in [2.24, 2.45) is 0 Å². The SMILES string of the molecule is Cc1ccnc(N(C)c2cccc(C(=O)O)c2)n1. The molecular weight excluding hydrogens is 230 g/mol. The molecule has 0 aliphatic carbocycles. The van der Waals surface area contributed by atoms with Gasteiger partial charge >= 0.3 is 5.97 Å². The zero-order chi connectivity index (χ0) is 13.1. The first-order valence-electron chi connectivity index (χ1n) is 5.44. The molecule has 0 bridgehead atoms. The Hall–Kier alpha value is -2.43. The molecule has 5 nitrogen and oxygen atoms in total. The zero-order valence-corrected chi connectivity index (χ0v) is 10.2. The van der Waals surface area contributed by atoms with Crippen LogP contribution in [0.25, 0.3) is 0 Å². The number of rotatable bonds is 3. The van der Waals surface area contributed by atoms with Crippen LogP contribution in [0.15, 0.2) is 36.5 Å². The average molecular weight is 243 g/mol. The molecule has 0 fully saturated rings. The summed E-state index contributed by atoms with van der Waals surface area (Å²) in [5.74, 6) is -0.409. The summed E-state index contributed by atoms with van der Waals surface area (Å²) in [4.78, 5) is 21.1. The fourth-order valence-corrected chi connectivity index (χ4v) is 1.56. The molecule has 1 N–H and O–H groups in total. The molecular formula is C13H13N3O2. The Morgan fingerprint density at radius 2 is 2.11 bits per heavy atom. The largest absolute Gasteiger partial charge is 0.478 e. The number of carboxylic acid groups (broad SMARTS) is 1. The summed E-state index contributed by atoms with van der Waals surface area (Å²) in [7, 11) is 1.80. The molecule has 0 aliphatic heterocycles. The number of aromatic nitrogens is 2. The first-order chi connectivity index (χ1) is 8.58. The molecule has 0 spiro atoms.